The second kappa shape index (κ2) is 13.3. The Kier molecular flexibility index (Phi) is 10.1. The predicted octanol–water partition coefficient (Wildman–Crippen LogP) is 6.12. The van der Waals surface area contributed by atoms with Crippen LogP contribution in [-0.2, 0) is 22.6 Å². The molecule has 0 saturated heterocycles. The predicted molar refractivity (Wildman–Crippen MR) is 148 cm³/mol. The lowest BCUT2D eigenvalue weighted by atomic mass is 10.0. The molecule has 3 aromatic carbocycles. The van der Waals surface area contributed by atoms with E-state index in [1.165, 1.54) is 0 Å². The maximum absolute atomic E-state index is 13.7. The minimum absolute atomic E-state index is 0.0467. The Hall–Kier alpha value is -3.12. The lowest BCUT2D eigenvalue weighted by Gasteiger charge is -2.32. The number of para-hydroxylation sites is 1. The number of amides is 2. The van der Waals surface area contributed by atoms with Gasteiger partial charge in [0.2, 0.25) is 5.91 Å². The van der Waals surface area contributed by atoms with Gasteiger partial charge in [0.1, 0.15) is 11.8 Å². The first-order valence-electron chi connectivity index (χ1n) is 12.3. The summed E-state index contributed by atoms with van der Waals surface area (Å²) >= 11 is 3.47. The Labute approximate surface area is 223 Å². The molecule has 36 heavy (non-hydrogen) atoms. The fraction of sp³-hybridized carbons (Fsp3) is 0.333. The lowest BCUT2D eigenvalue weighted by molar-refractivity contribution is -0.143. The summed E-state index contributed by atoms with van der Waals surface area (Å²) in [4.78, 5) is 28.8. The highest BCUT2D eigenvalue weighted by atomic mass is 79.9. The molecule has 0 bridgehead atoms. The van der Waals surface area contributed by atoms with Crippen LogP contribution in [0.1, 0.15) is 50.3 Å². The zero-order valence-electron chi connectivity index (χ0n) is 21.4. The van der Waals surface area contributed by atoms with Crippen molar-refractivity contribution in [2.75, 3.05) is 6.61 Å². The van der Waals surface area contributed by atoms with Crippen LogP contribution in [0.25, 0.3) is 0 Å². The summed E-state index contributed by atoms with van der Waals surface area (Å²) in [6.45, 7) is 8.17. The van der Waals surface area contributed by atoms with E-state index in [1.807, 2.05) is 92.7 Å². The molecule has 1 unspecified atom stereocenters. The summed E-state index contributed by atoms with van der Waals surface area (Å²) in [6, 6.07) is 24.6. The van der Waals surface area contributed by atoms with Gasteiger partial charge in [-0.1, -0.05) is 90.4 Å². The number of nitrogens with one attached hydrogen (secondary N) is 1. The Bertz CT molecular complexity index is 1130. The van der Waals surface area contributed by atoms with E-state index >= 15 is 0 Å². The van der Waals surface area contributed by atoms with Crippen molar-refractivity contribution in [3.8, 4) is 5.75 Å². The molecule has 6 heteroatoms. The van der Waals surface area contributed by atoms with Crippen molar-refractivity contribution in [2.45, 2.75) is 58.7 Å². The van der Waals surface area contributed by atoms with Crippen LogP contribution in [0.2, 0.25) is 0 Å². The normalized spacial score (nSPS) is 11.9. The van der Waals surface area contributed by atoms with Crippen LogP contribution in [0.5, 0.6) is 5.75 Å². The van der Waals surface area contributed by atoms with Gasteiger partial charge in [0.25, 0.3) is 5.91 Å². The Balaban J connectivity index is 1.92. The summed E-state index contributed by atoms with van der Waals surface area (Å²) in [5.74, 6) is 0.534. The smallest absolute Gasteiger partial charge is 0.261 e. The van der Waals surface area contributed by atoms with E-state index in [9.17, 15) is 9.59 Å². The van der Waals surface area contributed by atoms with Gasteiger partial charge in [-0.15, -0.1) is 0 Å². The fourth-order valence-corrected chi connectivity index (χ4v) is 4.30. The summed E-state index contributed by atoms with van der Waals surface area (Å²) in [6.07, 6.45) is 0.407. The van der Waals surface area contributed by atoms with Crippen LogP contribution < -0.4 is 10.1 Å². The highest BCUT2D eigenvalue weighted by molar-refractivity contribution is 9.10. The minimum Gasteiger partial charge on any atom is -0.483 e. The van der Waals surface area contributed by atoms with E-state index < -0.39 is 6.04 Å². The van der Waals surface area contributed by atoms with Crippen LogP contribution in [0.15, 0.2) is 83.3 Å². The minimum atomic E-state index is -0.685. The summed E-state index contributed by atoms with van der Waals surface area (Å²) in [5, 5.41) is 3.01. The molecule has 0 spiro atoms. The van der Waals surface area contributed by atoms with Crippen molar-refractivity contribution < 1.29 is 14.3 Å². The topological polar surface area (TPSA) is 58.6 Å². The molecule has 1 atom stereocenters. The van der Waals surface area contributed by atoms with Crippen molar-refractivity contribution in [1.82, 2.24) is 10.2 Å². The standard InChI is InChI=1S/C30H35BrN2O3/c1-21(2)26-12-8-9-13-28(26)36-20-29(34)33(19-24-14-16-25(31)17-15-24)27(30(35)32-22(3)4)18-23-10-6-5-7-11-23/h5-17,21-22,27H,18-20H2,1-4H3,(H,32,35). The van der Waals surface area contributed by atoms with E-state index in [4.69, 9.17) is 4.74 Å². The summed E-state index contributed by atoms with van der Waals surface area (Å²) in [5.41, 5.74) is 2.97. The molecule has 0 radical (unpaired) electrons. The zero-order valence-corrected chi connectivity index (χ0v) is 23.0. The molecule has 3 aromatic rings. The van der Waals surface area contributed by atoms with Crippen LogP contribution in [-0.4, -0.2) is 35.4 Å². The molecule has 3 rings (SSSR count). The van der Waals surface area contributed by atoms with E-state index in [-0.39, 0.29) is 30.4 Å². The van der Waals surface area contributed by atoms with E-state index in [0.29, 0.717) is 18.7 Å². The highest BCUT2D eigenvalue weighted by Crippen LogP contribution is 2.26. The van der Waals surface area contributed by atoms with Crippen molar-refractivity contribution >= 4 is 27.7 Å². The third-order valence-corrected chi connectivity index (χ3v) is 6.39. The van der Waals surface area contributed by atoms with Crippen molar-refractivity contribution in [2.24, 2.45) is 0 Å². The molecule has 0 aliphatic rings. The molecule has 0 aromatic heterocycles. The second-order valence-corrected chi connectivity index (χ2v) is 10.4. The molecular weight excluding hydrogens is 516 g/mol. The highest BCUT2D eigenvalue weighted by Gasteiger charge is 2.31. The van der Waals surface area contributed by atoms with Crippen molar-refractivity contribution in [1.29, 1.82) is 0 Å². The number of rotatable bonds is 11. The number of benzene rings is 3. The van der Waals surface area contributed by atoms with Gasteiger partial charge in [-0.2, -0.15) is 0 Å². The molecular formula is C30H35BrN2O3. The summed E-state index contributed by atoms with van der Waals surface area (Å²) < 4.78 is 6.98. The molecule has 0 heterocycles. The quantitative estimate of drug-likeness (QED) is 0.313. The van der Waals surface area contributed by atoms with Crippen LogP contribution in [0.4, 0.5) is 0 Å². The van der Waals surface area contributed by atoms with Gasteiger partial charge in [0.15, 0.2) is 6.61 Å². The van der Waals surface area contributed by atoms with Gasteiger partial charge < -0.3 is 15.0 Å². The zero-order chi connectivity index (χ0) is 26.1. The maximum Gasteiger partial charge on any atom is 0.261 e. The van der Waals surface area contributed by atoms with Gasteiger partial charge in [-0.25, -0.2) is 0 Å². The SMILES string of the molecule is CC(C)NC(=O)C(Cc1ccccc1)N(Cc1ccc(Br)cc1)C(=O)COc1ccccc1C(C)C. The average molecular weight is 552 g/mol. The van der Waals surface area contributed by atoms with Gasteiger partial charge >= 0.3 is 0 Å². The molecule has 2 amide bonds. The van der Waals surface area contributed by atoms with E-state index in [2.05, 4.69) is 35.1 Å². The number of hydrogen-bond donors (Lipinski definition) is 1. The van der Waals surface area contributed by atoms with Gasteiger partial charge in [0.05, 0.1) is 0 Å². The molecule has 0 fully saturated rings. The fourth-order valence-electron chi connectivity index (χ4n) is 4.03. The number of hydrogen-bond acceptors (Lipinski definition) is 3. The third-order valence-electron chi connectivity index (χ3n) is 5.86. The van der Waals surface area contributed by atoms with E-state index in [0.717, 1.165) is 21.2 Å². The molecule has 0 saturated carbocycles. The summed E-state index contributed by atoms with van der Waals surface area (Å²) in [7, 11) is 0. The maximum atomic E-state index is 13.7. The molecule has 1 N–H and O–H groups in total. The largest absolute Gasteiger partial charge is 0.483 e. The van der Waals surface area contributed by atoms with E-state index in [1.54, 1.807) is 4.90 Å². The number of ether oxygens (including phenoxy) is 1. The number of halogens is 1. The average Bonchev–Trinajstić information content (AvgIpc) is 2.86. The first-order valence-corrected chi connectivity index (χ1v) is 13.1. The molecule has 0 aliphatic carbocycles. The van der Waals surface area contributed by atoms with Crippen LogP contribution in [0, 0.1) is 0 Å². The van der Waals surface area contributed by atoms with Crippen LogP contribution >= 0.6 is 15.9 Å². The number of carbonyl (C=O) groups excluding carboxylic acids is 2. The van der Waals surface area contributed by atoms with Gasteiger partial charge in [0, 0.05) is 23.5 Å². The molecule has 190 valence electrons. The molecule has 0 aliphatic heterocycles. The van der Waals surface area contributed by atoms with Gasteiger partial charge in [-0.3, -0.25) is 9.59 Å². The van der Waals surface area contributed by atoms with Crippen molar-refractivity contribution in [3.05, 3.63) is 100 Å². The number of nitrogens with zero attached hydrogens (tertiary/aromatic N) is 1. The Morgan fingerprint density at radius 1 is 0.861 bits per heavy atom. The first-order chi connectivity index (χ1) is 17.2. The third kappa shape index (κ3) is 7.95. The van der Waals surface area contributed by atoms with Crippen LogP contribution in [0.3, 0.4) is 0 Å². The van der Waals surface area contributed by atoms with Crippen molar-refractivity contribution in [3.63, 3.8) is 0 Å². The lowest BCUT2D eigenvalue weighted by Crippen LogP contribution is -2.52. The Morgan fingerprint density at radius 2 is 1.50 bits per heavy atom. The number of carbonyl (C=O) groups is 2. The second-order valence-electron chi connectivity index (χ2n) is 9.50. The molecule has 5 nitrogen and oxygen atoms in total. The first kappa shape index (κ1) is 27.5. The van der Waals surface area contributed by atoms with Gasteiger partial charge in [-0.05, 0) is 54.7 Å². The Morgan fingerprint density at radius 3 is 2.14 bits per heavy atom. The monoisotopic (exact) mass is 550 g/mol.